The number of anilines is 1. The lowest BCUT2D eigenvalue weighted by Crippen LogP contribution is -2.05. The molecule has 0 aromatic heterocycles. The second kappa shape index (κ2) is 8.77. The van der Waals surface area contributed by atoms with E-state index in [1.165, 1.54) is 10.9 Å². The Balaban J connectivity index is 1.63. The van der Waals surface area contributed by atoms with Gasteiger partial charge >= 0.3 is 0 Å². The molecule has 0 aliphatic rings. The first kappa shape index (κ1) is 19.6. The number of hydrogen-bond donors (Lipinski definition) is 1. The number of fused-ring (bicyclic) bond motifs is 1. The van der Waals surface area contributed by atoms with Gasteiger partial charge < -0.3 is 10.1 Å². The van der Waals surface area contributed by atoms with Crippen LogP contribution in [-0.2, 0) is 13.2 Å². The van der Waals surface area contributed by atoms with Gasteiger partial charge in [-0.3, -0.25) is 0 Å². The topological polar surface area (TPSA) is 21.3 Å². The molecule has 4 aromatic carbocycles. The molecule has 1 N–H and O–H groups in total. The van der Waals surface area contributed by atoms with Crippen molar-refractivity contribution >= 4 is 39.7 Å². The van der Waals surface area contributed by atoms with E-state index >= 15 is 0 Å². The highest BCUT2D eigenvalue weighted by Crippen LogP contribution is 2.31. The quantitative estimate of drug-likeness (QED) is 0.345. The second-order valence-corrected chi connectivity index (χ2v) is 7.86. The molecule has 0 aliphatic heterocycles. The molecule has 0 spiro atoms. The van der Waals surface area contributed by atoms with E-state index in [4.69, 9.17) is 27.9 Å². The maximum absolute atomic E-state index is 6.32. The average molecular weight is 422 g/mol. The van der Waals surface area contributed by atoms with Gasteiger partial charge in [-0.15, -0.1) is 0 Å². The summed E-state index contributed by atoms with van der Waals surface area (Å²) in [6.07, 6.45) is 0. The van der Waals surface area contributed by atoms with E-state index in [9.17, 15) is 0 Å². The Hall–Kier alpha value is -2.68. The minimum Gasteiger partial charge on any atom is -0.489 e. The SMILES string of the molecule is Cc1ccc(COc2ccc3ccccc3c2CNc2cc(Cl)ccc2Cl)cc1. The molecule has 0 amide bonds. The van der Waals surface area contributed by atoms with Crippen LogP contribution in [0.1, 0.15) is 16.7 Å². The maximum atomic E-state index is 6.32. The van der Waals surface area contributed by atoms with Crippen molar-refractivity contribution in [3.05, 3.63) is 106 Å². The highest BCUT2D eigenvalue weighted by molar-refractivity contribution is 6.35. The number of aryl methyl sites for hydroxylation is 1. The minimum absolute atomic E-state index is 0.517. The monoisotopic (exact) mass is 421 g/mol. The summed E-state index contributed by atoms with van der Waals surface area (Å²) in [4.78, 5) is 0. The van der Waals surface area contributed by atoms with E-state index < -0.39 is 0 Å². The zero-order chi connectivity index (χ0) is 20.2. The third kappa shape index (κ3) is 4.67. The zero-order valence-corrected chi connectivity index (χ0v) is 17.6. The van der Waals surface area contributed by atoms with Crippen LogP contribution in [0.3, 0.4) is 0 Å². The molecule has 0 heterocycles. The number of ether oxygens (including phenoxy) is 1. The number of rotatable bonds is 6. The molecule has 146 valence electrons. The predicted molar refractivity (Wildman–Crippen MR) is 123 cm³/mol. The number of halogens is 2. The Bertz CT molecular complexity index is 1140. The first-order valence-electron chi connectivity index (χ1n) is 9.48. The molecule has 0 atom stereocenters. The lowest BCUT2D eigenvalue weighted by molar-refractivity contribution is 0.304. The van der Waals surface area contributed by atoms with Crippen LogP contribution in [0.4, 0.5) is 5.69 Å². The standard InChI is InChI=1S/C25H21Cl2NO/c1-17-6-8-18(9-7-17)16-29-25-13-10-19-4-2-3-5-21(19)22(25)15-28-24-14-20(26)11-12-23(24)27/h2-14,28H,15-16H2,1H3. The summed E-state index contributed by atoms with van der Waals surface area (Å²) in [6, 6.07) is 26.2. The van der Waals surface area contributed by atoms with Gasteiger partial charge in [0, 0.05) is 17.1 Å². The van der Waals surface area contributed by atoms with Crippen LogP contribution in [0.25, 0.3) is 10.8 Å². The van der Waals surface area contributed by atoms with Crippen molar-refractivity contribution in [1.82, 2.24) is 0 Å². The molecule has 2 nitrogen and oxygen atoms in total. The summed E-state index contributed by atoms with van der Waals surface area (Å²) in [5, 5.41) is 7.01. The van der Waals surface area contributed by atoms with Crippen molar-refractivity contribution < 1.29 is 4.74 Å². The smallest absolute Gasteiger partial charge is 0.125 e. The zero-order valence-electron chi connectivity index (χ0n) is 16.1. The molecule has 29 heavy (non-hydrogen) atoms. The van der Waals surface area contributed by atoms with E-state index in [-0.39, 0.29) is 0 Å². The van der Waals surface area contributed by atoms with E-state index in [1.807, 2.05) is 24.3 Å². The average Bonchev–Trinajstić information content (AvgIpc) is 2.74. The van der Waals surface area contributed by atoms with Gasteiger partial charge in [0.1, 0.15) is 12.4 Å². The maximum Gasteiger partial charge on any atom is 0.125 e. The summed E-state index contributed by atoms with van der Waals surface area (Å²) in [5.74, 6) is 0.856. The molecule has 0 radical (unpaired) electrons. The molecule has 0 bridgehead atoms. The molecule has 0 aliphatic carbocycles. The van der Waals surface area contributed by atoms with Gasteiger partial charge in [0.25, 0.3) is 0 Å². The third-order valence-electron chi connectivity index (χ3n) is 4.90. The van der Waals surface area contributed by atoms with Crippen LogP contribution in [0.5, 0.6) is 5.75 Å². The molecular formula is C25H21Cl2NO. The number of benzene rings is 4. The van der Waals surface area contributed by atoms with Crippen LogP contribution >= 0.6 is 23.2 Å². The van der Waals surface area contributed by atoms with Gasteiger partial charge in [0.2, 0.25) is 0 Å². The summed E-state index contributed by atoms with van der Waals surface area (Å²) < 4.78 is 6.21. The molecule has 0 fully saturated rings. The van der Waals surface area contributed by atoms with Crippen LogP contribution in [0.2, 0.25) is 10.0 Å². The lowest BCUT2D eigenvalue weighted by atomic mass is 10.0. The van der Waals surface area contributed by atoms with E-state index in [0.717, 1.165) is 28.0 Å². The van der Waals surface area contributed by atoms with Crippen LogP contribution in [-0.4, -0.2) is 0 Å². The van der Waals surface area contributed by atoms with E-state index in [2.05, 4.69) is 54.7 Å². The lowest BCUT2D eigenvalue weighted by Gasteiger charge is -2.16. The van der Waals surface area contributed by atoms with Crippen molar-refractivity contribution in [2.24, 2.45) is 0 Å². The Kier molecular flexibility index (Phi) is 5.94. The van der Waals surface area contributed by atoms with Crippen molar-refractivity contribution in [1.29, 1.82) is 0 Å². The van der Waals surface area contributed by atoms with Crippen molar-refractivity contribution in [2.45, 2.75) is 20.1 Å². The third-order valence-corrected chi connectivity index (χ3v) is 5.46. The van der Waals surface area contributed by atoms with Gasteiger partial charge in [-0.05, 0) is 47.5 Å². The fourth-order valence-electron chi connectivity index (χ4n) is 3.30. The molecule has 0 saturated carbocycles. The first-order chi connectivity index (χ1) is 14.1. The van der Waals surface area contributed by atoms with Crippen LogP contribution in [0.15, 0.2) is 78.9 Å². The van der Waals surface area contributed by atoms with Gasteiger partial charge in [0.15, 0.2) is 0 Å². The molecule has 4 rings (SSSR count). The Labute approximate surface area is 181 Å². The fraction of sp³-hybridized carbons (Fsp3) is 0.120. The highest BCUT2D eigenvalue weighted by Gasteiger charge is 2.11. The number of nitrogens with one attached hydrogen (secondary N) is 1. The second-order valence-electron chi connectivity index (χ2n) is 7.02. The summed E-state index contributed by atoms with van der Waals surface area (Å²) >= 11 is 12.5. The molecule has 4 heteroatoms. The molecule has 4 aromatic rings. The molecule has 0 saturated heterocycles. The highest BCUT2D eigenvalue weighted by atomic mass is 35.5. The van der Waals surface area contributed by atoms with Crippen LogP contribution in [0, 0.1) is 6.92 Å². The Morgan fingerprint density at radius 2 is 1.66 bits per heavy atom. The predicted octanol–water partition coefficient (Wildman–Crippen LogP) is 7.65. The van der Waals surface area contributed by atoms with E-state index in [1.54, 1.807) is 12.1 Å². The normalized spacial score (nSPS) is 10.9. The molecule has 0 unspecified atom stereocenters. The van der Waals surface area contributed by atoms with Gasteiger partial charge in [0.05, 0.1) is 10.7 Å². The fourth-order valence-corrected chi connectivity index (χ4v) is 3.65. The van der Waals surface area contributed by atoms with Crippen molar-refractivity contribution in [2.75, 3.05) is 5.32 Å². The first-order valence-corrected chi connectivity index (χ1v) is 10.2. The van der Waals surface area contributed by atoms with Crippen LogP contribution < -0.4 is 10.1 Å². The van der Waals surface area contributed by atoms with Gasteiger partial charge in [-0.2, -0.15) is 0 Å². The Morgan fingerprint density at radius 3 is 2.48 bits per heavy atom. The largest absolute Gasteiger partial charge is 0.489 e. The van der Waals surface area contributed by atoms with Gasteiger partial charge in [-0.25, -0.2) is 0 Å². The molecular weight excluding hydrogens is 401 g/mol. The van der Waals surface area contributed by atoms with E-state index in [0.29, 0.717) is 23.2 Å². The van der Waals surface area contributed by atoms with Gasteiger partial charge in [-0.1, -0.05) is 83.4 Å². The van der Waals surface area contributed by atoms with Crippen molar-refractivity contribution in [3.63, 3.8) is 0 Å². The van der Waals surface area contributed by atoms with Crippen molar-refractivity contribution in [3.8, 4) is 5.75 Å². The summed E-state index contributed by atoms with van der Waals surface area (Å²) in [7, 11) is 0. The minimum atomic E-state index is 0.517. The number of hydrogen-bond acceptors (Lipinski definition) is 2. The Morgan fingerprint density at radius 1 is 0.862 bits per heavy atom. The summed E-state index contributed by atoms with van der Waals surface area (Å²) in [5.41, 5.74) is 4.27. The summed E-state index contributed by atoms with van der Waals surface area (Å²) in [6.45, 7) is 3.17.